The lowest BCUT2D eigenvalue weighted by atomic mass is 10.1. The molecule has 0 aliphatic heterocycles. The van der Waals surface area contributed by atoms with Crippen LogP contribution in [0.2, 0.25) is 0 Å². The third kappa shape index (κ3) is 2.44. The number of rotatable bonds is 2. The summed E-state index contributed by atoms with van der Waals surface area (Å²) in [7, 11) is 0. The number of carbonyl (C=O) groups is 1. The molecule has 2 atom stereocenters. The van der Waals surface area contributed by atoms with Gasteiger partial charge >= 0.3 is 0 Å². The molecule has 5 heteroatoms. The van der Waals surface area contributed by atoms with Crippen molar-refractivity contribution in [3.63, 3.8) is 0 Å². The lowest BCUT2D eigenvalue weighted by Crippen LogP contribution is -2.36. The van der Waals surface area contributed by atoms with Crippen molar-refractivity contribution in [2.75, 3.05) is 5.73 Å². The highest BCUT2D eigenvalue weighted by molar-refractivity contribution is 5.94. The molecule has 98 valence electrons. The molecule has 1 aliphatic carbocycles. The van der Waals surface area contributed by atoms with Crippen LogP contribution in [-0.4, -0.2) is 11.9 Å². The van der Waals surface area contributed by atoms with Gasteiger partial charge in [-0.2, -0.15) is 0 Å². The molecule has 0 saturated heterocycles. The molecule has 0 heterocycles. The highest BCUT2D eigenvalue weighted by Gasteiger charge is 2.25. The normalized spacial score (nSPS) is 23.1. The number of hydrogen-bond donors (Lipinski definition) is 2. The number of nitrogens with two attached hydrogens (primary N) is 1. The van der Waals surface area contributed by atoms with E-state index >= 15 is 0 Å². The molecule has 0 spiro atoms. The highest BCUT2D eigenvalue weighted by atomic mass is 19.1. The predicted octanol–water partition coefficient (Wildman–Crippen LogP) is 2.47. The molecule has 1 aromatic carbocycles. The van der Waals surface area contributed by atoms with Crippen molar-refractivity contribution in [1.82, 2.24) is 5.32 Å². The second kappa shape index (κ2) is 4.92. The number of carbonyl (C=O) groups excluding carboxylic acids is 1. The molecule has 2 rings (SSSR count). The number of benzene rings is 1. The molecular formula is C13H16F2N2O. The summed E-state index contributed by atoms with van der Waals surface area (Å²) in [6.07, 6.45) is 3.04. The fraction of sp³-hybridized carbons (Fsp3) is 0.462. The van der Waals surface area contributed by atoms with E-state index in [-0.39, 0.29) is 11.6 Å². The van der Waals surface area contributed by atoms with Gasteiger partial charge in [-0.25, -0.2) is 8.78 Å². The molecule has 1 saturated carbocycles. The molecule has 3 nitrogen and oxygen atoms in total. The van der Waals surface area contributed by atoms with E-state index in [9.17, 15) is 13.6 Å². The minimum absolute atomic E-state index is 0.0294. The van der Waals surface area contributed by atoms with Crippen LogP contribution in [0.25, 0.3) is 0 Å². The molecule has 1 amide bonds. The SMILES string of the molecule is CC1CCCC1NC(=O)c1cc(F)c(N)c(F)c1. The minimum atomic E-state index is -0.903. The Morgan fingerprint density at radius 2 is 1.94 bits per heavy atom. The quantitative estimate of drug-likeness (QED) is 0.796. The Hall–Kier alpha value is -1.65. The van der Waals surface area contributed by atoms with Crippen LogP contribution < -0.4 is 11.1 Å². The average Bonchev–Trinajstić information content (AvgIpc) is 2.71. The van der Waals surface area contributed by atoms with Crippen molar-refractivity contribution in [2.45, 2.75) is 32.2 Å². The third-order valence-corrected chi connectivity index (χ3v) is 3.52. The monoisotopic (exact) mass is 254 g/mol. The van der Waals surface area contributed by atoms with Gasteiger partial charge < -0.3 is 11.1 Å². The summed E-state index contributed by atoms with van der Waals surface area (Å²) in [5.41, 5.74) is 4.57. The van der Waals surface area contributed by atoms with Gasteiger partial charge in [0.25, 0.3) is 5.91 Å². The molecule has 0 bridgehead atoms. The first-order chi connectivity index (χ1) is 8.49. The Bertz CT molecular complexity index is 453. The van der Waals surface area contributed by atoms with Crippen molar-refractivity contribution >= 4 is 11.6 Å². The van der Waals surface area contributed by atoms with Crippen molar-refractivity contribution in [1.29, 1.82) is 0 Å². The number of nitrogens with one attached hydrogen (secondary N) is 1. The predicted molar refractivity (Wildman–Crippen MR) is 65.0 cm³/mol. The Morgan fingerprint density at radius 1 is 1.33 bits per heavy atom. The molecule has 1 aliphatic rings. The number of hydrogen-bond acceptors (Lipinski definition) is 2. The van der Waals surface area contributed by atoms with E-state index in [0.29, 0.717) is 5.92 Å². The fourth-order valence-electron chi connectivity index (χ4n) is 2.33. The lowest BCUT2D eigenvalue weighted by Gasteiger charge is -2.17. The second-order valence-electron chi connectivity index (χ2n) is 4.84. The van der Waals surface area contributed by atoms with Crippen molar-refractivity contribution in [2.24, 2.45) is 5.92 Å². The first-order valence-electron chi connectivity index (χ1n) is 6.04. The van der Waals surface area contributed by atoms with Gasteiger partial charge in [0.1, 0.15) is 17.3 Å². The van der Waals surface area contributed by atoms with Crippen LogP contribution >= 0.6 is 0 Å². The molecule has 3 N–H and O–H groups in total. The summed E-state index contributed by atoms with van der Waals surface area (Å²) in [5, 5.41) is 2.81. The van der Waals surface area contributed by atoms with Crippen LogP contribution in [0.1, 0.15) is 36.5 Å². The van der Waals surface area contributed by atoms with E-state index in [1.165, 1.54) is 0 Å². The molecular weight excluding hydrogens is 238 g/mol. The van der Waals surface area contributed by atoms with Gasteiger partial charge in [-0.15, -0.1) is 0 Å². The Morgan fingerprint density at radius 3 is 2.44 bits per heavy atom. The van der Waals surface area contributed by atoms with Crippen LogP contribution in [0, 0.1) is 17.6 Å². The standard InChI is InChI=1S/C13H16F2N2O/c1-7-3-2-4-11(7)17-13(18)8-5-9(14)12(16)10(15)6-8/h5-7,11H,2-4,16H2,1H3,(H,17,18). The van der Waals surface area contributed by atoms with E-state index in [1.807, 2.05) is 0 Å². The number of nitrogen functional groups attached to an aromatic ring is 1. The number of halogens is 2. The van der Waals surface area contributed by atoms with Crippen LogP contribution in [0.4, 0.5) is 14.5 Å². The smallest absolute Gasteiger partial charge is 0.251 e. The Labute approximate surface area is 104 Å². The Balaban J connectivity index is 2.14. The maximum absolute atomic E-state index is 13.2. The topological polar surface area (TPSA) is 55.1 Å². The summed E-state index contributed by atoms with van der Waals surface area (Å²) >= 11 is 0. The van der Waals surface area contributed by atoms with E-state index in [0.717, 1.165) is 31.4 Å². The molecule has 2 unspecified atom stereocenters. The maximum Gasteiger partial charge on any atom is 0.251 e. The van der Waals surface area contributed by atoms with Crippen LogP contribution in [0.3, 0.4) is 0 Å². The minimum Gasteiger partial charge on any atom is -0.394 e. The van der Waals surface area contributed by atoms with E-state index in [4.69, 9.17) is 5.73 Å². The first kappa shape index (κ1) is 12.8. The molecule has 0 aromatic heterocycles. The fourth-order valence-corrected chi connectivity index (χ4v) is 2.33. The van der Waals surface area contributed by atoms with Crippen molar-refractivity contribution < 1.29 is 13.6 Å². The van der Waals surface area contributed by atoms with Gasteiger partial charge in [-0.1, -0.05) is 13.3 Å². The largest absolute Gasteiger partial charge is 0.394 e. The Kier molecular flexibility index (Phi) is 3.50. The van der Waals surface area contributed by atoms with E-state index in [1.54, 1.807) is 0 Å². The average molecular weight is 254 g/mol. The van der Waals surface area contributed by atoms with Gasteiger partial charge in [-0.3, -0.25) is 4.79 Å². The van der Waals surface area contributed by atoms with Gasteiger partial charge in [0, 0.05) is 11.6 Å². The number of amides is 1. The molecule has 1 aromatic rings. The highest BCUT2D eigenvalue weighted by Crippen LogP contribution is 2.25. The second-order valence-corrected chi connectivity index (χ2v) is 4.84. The zero-order valence-electron chi connectivity index (χ0n) is 10.2. The van der Waals surface area contributed by atoms with E-state index in [2.05, 4.69) is 12.2 Å². The third-order valence-electron chi connectivity index (χ3n) is 3.52. The summed E-state index contributed by atoms with van der Waals surface area (Å²) < 4.78 is 26.5. The first-order valence-corrected chi connectivity index (χ1v) is 6.04. The molecule has 0 radical (unpaired) electrons. The summed E-state index contributed by atoms with van der Waals surface area (Å²) in [6.45, 7) is 2.06. The zero-order chi connectivity index (χ0) is 13.3. The van der Waals surface area contributed by atoms with Gasteiger partial charge in [0.05, 0.1) is 0 Å². The summed E-state index contributed by atoms with van der Waals surface area (Å²) in [5.74, 6) is -1.86. The van der Waals surface area contributed by atoms with Crippen LogP contribution in [0.5, 0.6) is 0 Å². The van der Waals surface area contributed by atoms with Crippen LogP contribution in [-0.2, 0) is 0 Å². The summed E-state index contributed by atoms with van der Waals surface area (Å²) in [6, 6.07) is 2.02. The van der Waals surface area contributed by atoms with Gasteiger partial charge in [-0.05, 0) is 30.9 Å². The summed E-state index contributed by atoms with van der Waals surface area (Å²) in [4.78, 5) is 11.9. The molecule has 1 fully saturated rings. The van der Waals surface area contributed by atoms with Crippen molar-refractivity contribution in [3.8, 4) is 0 Å². The van der Waals surface area contributed by atoms with Gasteiger partial charge in [0.2, 0.25) is 0 Å². The molecule has 18 heavy (non-hydrogen) atoms. The van der Waals surface area contributed by atoms with Gasteiger partial charge in [0.15, 0.2) is 0 Å². The van der Waals surface area contributed by atoms with Crippen LogP contribution in [0.15, 0.2) is 12.1 Å². The number of anilines is 1. The van der Waals surface area contributed by atoms with Crippen molar-refractivity contribution in [3.05, 3.63) is 29.3 Å². The van der Waals surface area contributed by atoms with E-state index < -0.39 is 23.2 Å². The maximum atomic E-state index is 13.2. The zero-order valence-corrected chi connectivity index (χ0v) is 10.2. The lowest BCUT2D eigenvalue weighted by molar-refractivity contribution is 0.0929.